The van der Waals surface area contributed by atoms with Crippen molar-refractivity contribution in [1.82, 2.24) is 14.5 Å². The molecule has 0 bridgehead atoms. The molecule has 1 aliphatic heterocycles. The summed E-state index contributed by atoms with van der Waals surface area (Å²) in [5.74, 6) is 0.0317. The van der Waals surface area contributed by atoms with Gasteiger partial charge in [-0.25, -0.2) is 8.42 Å². The van der Waals surface area contributed by atoms with Crippen LogP contribution in [0.4, 0.5) is 0 Å². The van der Waals surface area contributed by atoms with Gasteiger partial charge in [-0.2, -0.15) is 4.31 Å². The molecular formula is C15H27N3O3S. The molecule has 0 atom stereocenters. The number of nitrogens with zero attached hydrogens (tertiary/aromatic N) is 2. The molecule has 7 heteroatoms. The van der Waals surface area contributed by atoms with Crippen molar-refractivity contribution in [2.24, 2.45) is 0 Å². The van der Waals surface area contributed by atoms with Gasteiger partial charge in [-0.3, -0.25) is 9.69 Å². The summed E-state index contributed by atoms with van der Waals surface area (Å²) < 4.78 is 24.3. The lowest BCUT2D eigenvalue weighted by Crippen LogP contribution is -2.50. The lowest BCUT2D eigenvalue weighted by atomic mass is 9.97. The highest BCUT2D eigenvalue weighted by Gasteiger charge is 2.24. The van der Waals surface area contributed by atoms with E-state index < -0.39 is 10.0 Å². The van der Waals surface area contributed by atoms with Gasteiger partial charge in [-0.15, -0.1) is 0 Å². The third-order valence-electron chi connectivity index (χ3n) is 4.32. The molecule has 0 unspecified atom stereocenters. The van der Waals surface area contributed by atoms with Crippen LogP contribution in [0.1, 0.15) is 32.1 Å². The van der Waals surface area contributed by atoms with E-state index in [9.17, 15) is 13.2 Å². The van der Waals surface area contributed by atoms with E-state index in [4.69, 9.17) is 0 Å². The summed E-state index contributed by atoms with van der Waals surface area (Å²) in [5, 5.41) is 2.97. The van der Waals surface area contributed by atoms with Gasteiger partial charge in [0.25, 0.3) is 0 Å². The van der Waals surface area contributed by atoms with Crippen molar-refractivity contribution in [1.29, 1.82) is 0 Å². The number of rotatable bonds is 6. The number of sulfonamides is 1. The van der Waals surface area contributed by atoms with Crippen LogP contribution in [0.5, 0.6) is 0 Å². The number of amides is 1. The molecule has 0 aromatic carbocycles. The first-order valence-electron chi connectivity index (χ1n) is 8.07. The maximum Gasteiger partial charge on any atom is 0.234 e. The Morgan fingerprint density at radius 1 is 1.23 bits per heavy atom. The fourth-order valence-corrected chi connectivity index (χ4v) is 3.80. The third kappa shape index (κ3) is 5.70. The van der Waals surface area contributed by atoms with Crippen molar-refractivity contribution in [3.63, 3.8) is 0 Å². The molecule has 0 spiro atoms. The molecule has 126 valence electrons. The molecule has 1 N–H and O–H groups in total. The van der Waals surface area contributed by atoms with Gasteiger partial charge in [-0.1, -0.05) is 11.6 Å². The van der Waals surface area contributed by atoms with Crippen LogP contribution in [0.25, 0.3) is 0 Å². The first kappa shape index (κ1) is 17.4. The first-order chi connectivity index (χ1) is 10.4. The Morgan fingerprint density at radius 3 is 2.55 bits per heavy atom. The van der Waals surface area contributed by atoms with Crippen molar-refractivity contribution in [3.8, 4) is 0 Å². The Balaban J connectivity index is 1.62. The number of carbonyl (C=O) groups excluding carboxylic acids is 1. The quantitative estimate of drug-likeness (QED) is 0.723. The SMILES string of the molecule is CS(=O)(=O)N1CCN(CC(=O)NCCC2=CCCCC2)CC1. The lowest BCUT2D eigenvalue weighted by Gasteiger charge is -2.32. The van der Waals surface area contributed by atoms with Gasteiger partial charge in [0.2, 0.25) is 15.9 Å². The number of piperazine rings is 1. The predicted molar refractivity (Wildman–Crippen MR) is 87.0 cm³/mol. The number of hydrogen-bond acceptors (Lipinski definition) is 4. The zero-order valence-corrected chi connectivity index (χ0v) is 14.2. The van der Waals surface area contributed by atoms with Crippen LogP contribution in [-0.4, -0.2) is 69.1 Å². The third-order valence-corrected chi connectivity index (χ3v) is 5.62. The molecular weight excluding hydrogens is 302 g/mol. The van der Waals surface area contributed by atoms with Gasteiger partial charge in [-0.05, 0) is 32.1 Å². The minimum Gasteiger partial charge on any atom is -0.355 e. The van der Waals surface area contributed by atoms with Gasteiger partial charge < -0.3 is 5.32 Å². The van der Waals surface area contributed by atoms with Gasteiger partial charge in [0, 0.05) is 32.7 Å². The zero-order chi connectivity index (χ0) is 16.0. The van der Waals surface area contributed by atoms with Crippen LogP contribution in [0.3, 0.4) is 0 Å². The molecule has 1 saturated heterocycles. The molecule has 1 fully saturated rings. The monoisotopic (exact) mass is 329 g/mol. The maximum atomic E-state index is 11.9. The summed E-state index contributed by atoms with van der Waals surface area (Å²) >= 11 is 0. The number of nitrogens with one attached hydrogen (secondary N) is 1. The molecule has 0 saturated carbocycles. The van der Waals surface area contributed by atoms with E-state index in [1.807, 2.05) is 4.90 Å². The van der Waals surface area contributed by atoms with Gasteiger partial charge in [0.05, 0.1) is 12.8 Å². The van der Waals surface area contributed by atoms with Crippen molar-refractivity contribution < 1.29 is 13.2 Å². The van der Waals surface area contributed by atoms with Crippen molar-refractivity contribution in [2.75, 3.05) is 45.5 Å². The highest BCUT2D eigenvalue weighted by atomic mass is 32.2. The maximum absolute atomic E-state index is 11.9. The minimum atomic E-state index is -3.10. The smallest absolute Gasteiger partial charge is 0.234 e. The molecule has 22 heavy (non-hydrogen) atoms. The molecule has 0 aromatic heterocycles. The average Bonchev–Trinajstić information content (AvgIpc) is 2.48. The molecule has 1 heterocycles. The van der Waals surface area contributed by atoms with Crippen LogP contribution in [0, 0.1) is 0 Å². The summed E-state index contributed by atoms with van der Waals surface area (Å²) in [6.07, 6.45) is 9.39. The Bertz CT molecular complexity index is 508. The number of hydrogen-bond donors (Lipinski definition) is 1. The highest BCUT2D eigenvalue weighted by Crippen LogP contribution is 2.19. The Hall–Kier alpha value is -0.920. The van der Waals surface area contributed by atoms with E-state index in [-0.39, 0.29) is 5.91 Å². The first-order valence-corrected chi connectivity index (χ1v) is 9.92. The second-order valence-corrected chi connectivity index (χ2v) is 8.13. The van der Waals surface area contributed by atoms with E-state index >= 15 is 0 Å². The van der Waals surface area contributed by atoms with Crippen LogP contribution in [0.15, 0.2) is 11.6 Å². The fraction of sp³-hybridized carbons (Fsp3) is 0.800. The second-order valence-electron chi connectivity index (χ2n) is 6.15. The van der Waals surface area contributed by atoms with E-state index in [1.165, 1.54) is 41.8 Å². The average molecular weight is 329 g/mol. The number of carbonyl (C=O) groups is 1. The van der Waals surface area contributed by atoms with E-state index in [0.29, 0.717) is 39.3 Å². The predicted octanol–water partition coefficient (Wildman–Crippen LogP) is 0.570. The second kappa shape index (κ2) is 8.08. The van der Waals surface area contributed by atoms with Crippen molar-refractivity contribution >= 4 is 15.9 Å². The Kier molecular flexibility index (Phi) is 6.40. The van der Waals surface area contributed by atoms with E-state index in [0.717, 1.165) is 6.42 Å². The molecule has 1 amide bonds. The van der Waals surface area contributed by atoms with Crippen LogP contribution in [0.2, 0.25) is 0 Å². The topological polar surface area (TPSA) is 69.7 Å². The summed E-state index contributed by atoms with van der Waals surface area (Å²) in [7, 11) is -3.10. The van der Waals surface area contributed by atoms with Crippen LogP contribution < -0.4 is 5.32 Å². The zero-order valence-electron chi connectivity index (χ0n) is 13.4. The molecule has 2 aliphatic rings. The highest BCUT2D eigenvalue weighted by molar-refractivity contribution is 7.88. The van der Waals surface area contributed by atoms with Gasteiger partial charge in [0.15, 0.2) is 0 Å². The van der Waals surface area contributed by atoms with Crippen LogP contribution in [-0.2, 0) is 14.8 Å². The van der Waals surface area contributed by atoms with Crippen LogP contribution >= 0.6 is 0 Å². The summed E-state index contributed by atoms with van der Waals surface area (Å²) in [6.45, 7) is 3.24. The van der Waals surface area contributed by atoms with E-state index in [2.05, 4.69) is 11.4 Å². The molecule has 2 rings (SSSR count). The molecule has 1 aliphatic carbocycles. The fourth-order valence-electron chi connectivity index (χ4n) is 2.97. The standard InChI is InChI=1S/C15H27N3O3S/c1-22(20,21)18-11-9-17(10-12-18)13-15(19)16-8-7-14-5-3-2-4-6-14/h5H,2-4,6-13H2,1H3,(H,16,19). The van der Waals surface area contributed by atoms with E-state index in [1.54, 1.807) is 0 Å². The molecule has 0 aromatic rings. The number of allylic oxidation sites excluding steroid dienone is 1. The molecule has 6 nitrogen and oxygen atoms in total. The van der Waals surface area contributed by atoms with Crippen molar-refractivity contribution in [3.05, 3.63) is 11.6 Å². The summed E-state index contributed by atoms with van der Waals surface area (Å²) in [5.41, 5.74) is 1.47. The Morgan fingerprint density at radius 2 is 1.95 bits per heavy atom. The lowest BCUT2D eigenvalue weighted by molar-refractivity contribution is -0.122. The van der Waals surface area contributed by atoms with Gasteiger partial charge in [0.1, 0.15) is 0 Å². The summed E-state index contributed by atoms with van der Waals surface area (Å²) in [6, 6.07) is 0. The summed E-state index contributed by atoms with van der Waals surface area (Å²) in [4.78, 5) is 13.9. The molecule has 0 radical (unpaired) electrons. The van der Waals surface area contributed by atoms with Crippen molar-refractivity contribution in [2.45, 2.75) is 32.1 Å². The minimum absolute atomic E-state index is 0.0317. The Labute approximate surface area is 133 Å². The van der Waals surface area contributed by atoms with Gasteiger partial charge >= 0.3 is 0 Å². The normalized spacial score (nSPS) is 21.4. The largest absolute Gasteiger partial charge is 0.355 e.